The molecule has 0 radical (unpaired) electrons. The molecule has 38 heavy (non-hydrogen) atoms. The number of benzene rings is 2. The minimum absolute atomic E-state index is 0.00278. The van der Waals surface area contributed by atoms with Gasteiger partial charge in [0.05, 0.1) is 17.4 Å². The van der Waals surface area contributed by atoms with E-state index in [0.717, 1.165) is 22.5 Å². The molecule has 202 valence electrons. The number of thiocarbonyl (C=S) groups is 1. The molecule has 2 aromatic rings. The fourth-order valence-corrected chi connectivity index (χ4v) is 8.01. The van der Waals surface area contributed by atoms with Crippen molar-refractivity contribution in [3.8, 4) is 0 Å². The molecule has 7 nitrogen and oxygen atoms in total. The second-order valence-electron chi connectivity index (χ2n) is 11.2. The third-order valence-corrected chi connectivity index (χ3v) is 14.0. The molecule has 1 saturated heterocycles. The number of nitro groups is 1. The van der Waals surface area contributed by atoms with Gasteiger partial charge in [0.15, 0.2) is 8.32 Å². The molecular weight excluding hydrogens is 537 g/mol. The number of nitro benzene ring substituents is 1. The van der Waals surface area contributed by atoms with Gasteiger partial charge in [-0.2, -0.15) is 0 Å². The lowest BCUT2D eigenvalue weighted by Gasteiger charge is -2.53. The van der Waals surface area contributed by atoms with Gasteiger partial charge in [-0.15, -0.1) is 0 Å². The van der Waals surface area contributed by atoms with Gasteiger partial charge >= 0.3 is 0 Å². The van der Waals surface area contributed by atoms with Crippen molar-refractivity contribution in [2.75, 3.05) is 0 Å². The van der Waals surface area contributed by atoms with Gasteiger partial charge in [0, 0.05) is 17.0 Å². The van der Waals surface area contributed by atoms with E-state index in [9.17, 15) is 14.9 Å². The van der Waals surface area contributed by atoms with Crippen LogP contribution in [0.5, 0.6) is 0 Å². The summed E-state index contributed by atoms with van der Waals surface area (Å²) >= 11 is 7.44. The van der Waals surface area contributed by atoms with E-state index in [2.05, 4.69) is 40.8 Å². The summed E-state index contributed by atoms with van der Waals surface area (Å²) in [6.07, 6.45) is 0.963. The molecule has 0 bridgehead atoms. The van der Waals surface area contributed by atoms with E-state index in [1.54, 1.807) is 28.8 Å². The van der Waals surface area contributed by atoms with Crippen molar-refractivity contribution in [2.24, 2.45) is 0 Å². The molecule has 1 unspecified atom stereocenters. The highest BCUT2D eigenvalue weighted by molar-refractivity contribution is 8.10. The average molecular weight is 571 g/mol. The molecular formula is C28H34N2O5S2Si. The zero-order valence-corrected chi connectivity index (χ0v) is 25.3. The number of nitrogens with zero attached hydrogens (tertiary/aromatic N) is 2. The molecule has 10 heteroatoms. The van der Waals surface area contributed by atoms with Gasteiger partial charge in [0.2, 0.25) is 11.0 Å². The zero-order valence-electron chi connectivity index (χ0n) is 22.6. The van der Waals surface area contributed by atoms with Crippen LogP contribution in [0, 0.1) is 10.1 Å². The van der Waals surface area contributed by atoms with Crippen LogP contribution in [0.15, 0.2) is 60.3 Å². The molecule has 2 aliphatic heterocycles. The highest BCUT2D eigenvalue weighted by Crippen LogP contribution is 2.61. The van der Waals surface area contributed by atoms with Crippen LogP contribution in [0.3, 0.4) is 0 Å². The highest BCUT2D eigenvalue weighted by Gasteiger charge is 2.64. The maximum absolute atomic E-state index is 13.2. The maximum atomic E-state index is 13.2. The minimum Gasteiger partial charge on any atom is -0.477 e. The van der Waals surface area contributed by atoms with Gasteiger partial charge in [-0.3, -0.25) is 19.8 Å². The third-order valence-electron chi connectivity index (χ3n) is 7.61. The lowest BCUT2D eigenvalue weighted by Crippen LogP contribution is -2.67. The van der Waals surface area contributed by atoms with Crippen molar-refractivity contribution >= 4 is 53.8 Å². The van der Waals surface area contributed by atoms with Gasteiger partial charge < -0.3 is 9.16 Å². The summed E-state index contributed by atoms with van der Waals surface area (Å²) in [5, 5.41) is 11.2. The van der Waals surface area contributed by atoms with Gasteiger partial charge in [-0.25, -0.2) is 0 Å². The van der Waals surface area contributed by atoms with Crippen molar-refractivity contribution in [3.63, 3.8) is 0 Å². The molecule has 0 aromatic heterocycles. The fourth-order valence-electron chi connectivity index (χ4n) is 4.47. The Kier molecular flexibility index (Phi) is 7.91. The lowest BCUT2D eigenvalue weighted by atomic mass is 9.92. The smallest absolute Gasteiger partial charge is 0.269 e. The number of ether oxygens (including phenoxy) is 1. The summed E-state index contributed by atoms with van der Waals surface area (Å²) in [6.45, 7) is 13.4. The number of fused-ring (bicyclic) bond motifs is 1. The van der Waals surface area contributed by atoms with Crippen molar-refractivity contribution in [1.82, 2.24) is 4.90 Å². The molecule has 4 rings (SSSR count). The highest BCUT2D eigenvalue weighted by atomic mass is 32.2. The van der Waals surface area contributed by atoms with Crippen LogP contribution >= 0.6 is 24.0 Å². The summed E-state index contributed by atoms with van der Waals surface area (Å²) in [6, 6.07) is 16.1. The van der Waals surface area contributed by atoms with Crippen LogP contribution in [0.2, 0.25) is 18.1 Å². The molecule has 2 aliphatic rings. The number of hydrogen-bond donors (Lipinski definition) is 0. The Labute approximate surface area is 234 Å². The summed E-state index contributed by atoms with van der Waals surface area (Å²) in [5.41, 5.74) is 2.34. The summed E-state index contributed by atoms with van der Waals surface area (Å²) in [4.78, 5) is 25.9. The lowest BCUT2D eigenvalue weighted by molar-refractivity contribution is -0.384. The summed E-state index contributed by atoms with van der Waals surface area (Å²) in [5.74, 6) is -0.00278. The first kappa shape index (κ1) is 28.5. The number of carbonyl (C=O) groups excluding carboxylic acids is 1. The summed E-state index contributed by atoms with van der Waals surface area (Å²) < 4.78 is 13.0. The quantitative estimate of drug-likeness (QED) is 0.103. The Bertz CT molecular complexity index is 1270. The van der Waals surface area contributed by atoms with Gasteiger partial charge in [0.1, 0.15) is 17.2 Å². The molecule has 2 atom stereocenters. The fraction of sp³-hybridized carbons (Fsp3) is 0.429. The topological polar surface area (TPSA) is 81.9 Å². The molecule has 0 spiro atoms. The van der Waals surface area contributed by atoms with E-state index in [0.29, 0.717) is 12.1 Å². The van der Waals surface area contributed by atoms with Crippen LogP contribution in [0.25, 0.3) is 4.91 Å². The third kappa shape index (κ3) is 5.19. The van der Waals surface area contributed by atoms with Crippen LogP contribution < -0.4 is 0 Å². The Morgan fingerprint density at radius 2 is 1.82 bits per heavy atom. The molecule has 2 heterocycles. The molecule has 0 N–H and O–H groups in total. The molecule has 0 aliphatic carbocycles. The van der Waals surface area contributed by atoms with E-state index in [4.69, 9.17) is 21.4 Å². The van der Waals surface area contributed by atoms with E-state index >= 15 is 0 Å². The van der Waals surface area contributed by atoms with E-state index in [-0.39, 0.29) is 34.4 Å². The maximum Gasteiger partial charge on any atom is 0.269 e. The first-order valence-electron chi connectivity index (χ1n) is 12.7. The number of thioether (sulfide) groups is 1. The first-order valence-corrected chi connectivity index (χ1v) is 16.8. The van der Waals surface area contributed by atoms with Gasteiger partial charge in [-0.05, 0) is 60.0 Å². The average Bonchev–Trinajstić information content (AvgIpc) is 3.15. The minimum atomic E-state index is -2.13. The van der Waals surface area contributed by atoms with Crippen molar-refractivity contribution in [2.45, 2.75) is 76.3 Å². The second-order valence-corrected chi connectivity index (χ2v) is 17.6. The molecule has 1 amide bonds. The number of amides is 1. The molecule has 2 aromatic carbocycles. The van der Waals surface area contributed by atoms with Crippen molar-refractivity contribution in [1.29, 1.82) is 0 Å². The van der Waals surface area contributed by atoms with Crippen molar-refractivity contribution < 1.29 is 18.9 Å². The van der Waals surface area contributed by atoms with Gasteiger partial charge in [-0.1, -0.05) is 69.8 Å². The molecule has 1 fully saturated rings. The number of non-ortho nitro benzene ring substituents is 1. The van der Waals surface area contributed by atoms with Crippen LogP contribution in [-0.4, -0.2) is 40.1 Å². The number of rotatable bonds is 9. The van der Waals surface area contributed by atoms with Crippen LogP contribution in [0.4, 0.5) is 5.69 Å². The number of carbonyl (C=O) groups is 1. The zero-order chi connectivity index (χ0) is 27.9. The Morgan fingerprint density at radius 3 is 2.34 bits per heavy atom. The van der Waals surface area contributed by atoms with Crippen molar-refractivity contribution in [3.05, 3.63) is 81.5 Å². The van der Waals surface area contributed by atoms with Crippen LogP contribution in [0.1, 0.15) is 51.7 Å². The monoisotopic (exact) mass is 570 g/mol. The van der Waals surface area contributed by atoms with E-state index in [1.807, 2.05) is 30.3 Å². The SMILES string of the molecule is CCC(O[Si](C)(C)C(C)(C)C)[C@@]12CC(=O)N1C(C(=S)OCc1ccc([N+](=O)[O-])cc1)=C(c1ccccc1)S2. The Hall–Kier alpha value is -2.53. The predicted molar refractivity (Wildman–Crippen MR) is 158 cm³/mol. The van der Waals surface area contributed by atoms with E-state index in [1.165, 1.54) is 12.1 Å². The Balaban J connectivity index is 1.66. The molecule has 0 saturated carbocycles. The predicted octanol–water partition coefficient (Wildman–Crippen LogP) is 7.28. The van der Waals surface area contributed by atoms with E-state index < -0.39 is 18.1 Å². The summed E-state index contributed by atoms with van der Waals surface area (Å²) in [7, 11) is -2.13. The second kappa shape index (κ2) is 10.6. The van der Waals surface area contributed by atoms with Gasteiger partial charge in [0.25, 0.3) is 5.69 Å². The standard InChI is InChI=1S/C28H34N2O5S2Si/c1-7-22(35-38(5,6)27(2,3)4)28-17-23(31)29(28)24(25(37-28)20-11-9-8-10-12-20)26(36)34-18-19-13-15-21(16-14-19)30(32)33/h8-16,22H,7,17-18H2,1-6H3/t22?,28-/m0/s1. The first-order chi connectivity index (χ1) is 17.8. The number of β-lactam (4-membered cyclic amide) rings is 1. The normalized spacial score (nSPS) is 20.2. The van der Waals surface area contributed by atoms with Crippen LogP contribution in [-0.2, 0) is 20.6 Å². The largest absolute Gasteiger partial charge is 0.477 e. The number of hydrogen-bond acceptors (Lipinski definition) is 7. The Morgan fingerprint density at radius 1 is 1.18 bits per heavy atom.